The molecule has 0 aromatic heterocycles. The number of ether oxygens (including phenoxy) is 2. The Morgan fingerprint density at radius 3 is 2.71 bits per heavy atom. The minimum absolute atomic E-state index is 0.629. The second kappa shape index (κ2) is 5.52. The third-order valence-corrected chi connectivity index (χ3v) is 3.24. The van der Waals surface area contributed by atoms with Crippen molar-refractivity contribution in [2.75, 3.05) is 19.8 Å². The Bertz CT molecular complexity index is 337. The summed E-state index contributed by atoms with van der Waals surface area (Å²) in [6.45, 7) is 4.00. The fraction of sp³-hybridized carbons (Fsp3) is 0.571. The molecule has 1 fully saturated rings. The highest BCUT2D eigenvalue weighted by atomic mass is 16.5. The van der Waals surface area contributed by atoms with Crippen molar-refractivity contribution in [3.63, 3.8) is 0 Å². The van der Waals surface area contributed by atoms with Gasteiger partial charge >= 0.3 is 0 Å². The summed E-state index contributed by atoms with van der Waals surface area (Å²) < 4.78 is 10.8. The normalized spacial score (nSPS) is 25.3. The molecular weight excluding hydrogens is 216 g/mol. The van der Waals surface area contributed by atoms with Crippen LogP contribution in [-0.4, -0.2) is 24.9 Å². The van der Waals surface area contributed by atoms with E-state index in [0.29, 0.717) is 19.6 Å². The van der Waals surface area contributed by atoms with Crippen molar-refractivity contribution in [3.05, 3.63) is 29.8 Å². The molecule has 2 rings (SSSR count). The molecule has 1 aromatic carbocycles. The minimum atomic E-state index is -0.735. The van der Waals surface area contributed by atoms with Crippen molar-refractivity contribution >= 4 is 0 Å². The highest BCUT2D eigenvalue weighted by molar-refractivity contribution is 5.31. The lowest BCUT2D eigenvalue weighted by Crippen LogP contribution is -2.25. The maximum atomic E-state index is 10.6. The lowest BCUT2D eigenvalue weighted by molar-refractivity contribution is 0.0144. The molecule has 1 atom stereocenters. The lowest BCUT2D eigenvalue weighted by atomic mass is 9.87. The van der Waals surface area contributed by atoms with Gasteiger partial charge in [0.1, 0.15) is 5.75 Å². The van der Waals surface area contributed by atoms with Crippen LogP contribution in [0.3, 0.4) is 0 Å². The van der Waals surface area contributed by atoms with Gasteiger partial charge in [-0.2, -0.15) is 0 Å². The summed E-state index contributed by atoms with van der Waals surface area (Å²) in [6, 6.07) is 7.75. The van der Waals surface area contributed by atoms with Gasteiger partial charge in [0.15, 0.2) is 0 Å². The van der Waals surface area contributed by atoms with Crippen molar-refractivity contribution in [2.45, 2.75) is 31.8 Å². The number of benzene rings is 1. The molecule has 1 aliphatic rings. The predicted octanol–water partition coefficient (Wildman–Crippen LogP) is 2.47. The lowest BCUT2D eigenvalue weighted by Gasteiger charge is -2.26. The van der Waals surface area contributed by atoms with E-state index in [0.717, 1.165) is 30.8 Å². The Labute approximate surface area is 102 Å². The van der Waals surface area contributed by atoms with E-state index in [2.05, 4.69) is 0 Å². The molecule has 1 aliphatic heterocycles. The smallest absolute Gasteiger partial charge is 0.119 e. The largest absolute Gasteiger partial charge is 0.494 e. The molecule has 1 heterocycles. The molecule has 1 N–H and O–H groups in total. The van der Waals surface area contributed by atoms with Crippen LogP contribution < -0.4 is 4.74 Å². The molecule has 1 saturated heterocycles. The SMILES string of the molecule is CCOc1ccc(C2(O)CCCOCC2)cc1. The molecule has 17 heavy (non-hydrogen) atoms. The quantitative estimate of drug-likeness (QED) is 0.876. The zero-order valence-electron chi connectivity index (χ0n) is 10.3. The highest BCUT2D eigenvalue weighted by Gasteiger charge is 2.30. The molecule has 0 bridgehead atoms. The molecule has 0 aliphatic carbocycles. The van der Waals surface area contributed by atoms with Crippen molar-refractivity contribution in [1.29, 1.82) is 0 Å². The van der Waals surface area contributed by atoms with Crippen LogP contribution in [0.5, 0.6) is 5.75 Å². The number of hydrogen-bond acceptors (Lipinski definition) is 3. The fourth-order valence-electron chi connectivity index (χ4n) is 2.25. The molecule has 1 unspecified atom stereocenters. The van der Waals surface area contributed by atoms with Gasteiger partial charge in [0.05, 0.1) is 12.2 Å². The van der Waals surface area contributed by atoms with Crippen LogP contribution in [0.1, 0.15) is 31.7 Å². The van der Waals surface area contributed by atoms with Crippen LogP contribution >= 0.6 is 0 Å². The molecule has 1 aromatic rings. The van der Waals surface area contributed by atoms with E-state index < -0.39 is 5.60 Å². The van der Waals surface area contributed by atoms with Gasteiger partial charge in [0, 0.05) is 19.6 Å². The van der Waals surface area contributed by atoms with Gasteiger partial charge in [0.2, 0.25) is 0 Å². The van der Waals surface area contributed by atoms with Gasteiger partial charge in [-0.25, -0.2) is 0 Å². The third-order valence-electron chi connectivity index (χ3n) is 3.24. The molecular formula is C14H20O3. The maximum Gasteiger partial charge on any atom is 0.119 e. The molecule has 3 heteroatoms. The van der Waals surface area contributed by atoms with Gasteiger partial charge in [-0.15, -0.1) is 0 Å². The number of rotatable bonds is 3. The summed E-state index contributed by atoms with van der Waals surface area (Å²) in [4.78, 5) is 0. The van der Waals surface area contributed by atoms with Crippen LogP contribution in [0.4, 0.5) is 0 Å². The highest BCUT2D eigenvalue weighted by Crippen LogP contribution is 2.33. The predicted molar refractivity (Wildman–Crippen MR) is 66.2 cm³/mol. The molecule has 0 amide bonds. The first-order valence-corrected chi connectivity index (χ1v) is 6.28. The Kier molecular flexibility index (Phi) is 4.02. The van der Waals surface area contributed by atoms with Gasteiger partial charge in [-0.05, 0) is 37.5 Å². The maximum absolute atomic E-state index is 10.6. The van der Waals surface area contributed by atoms with Crippen LogP contribution in [0, 0.1) is 0 Å². The summed E-state index contributed by atoms with van der Waals surface area (Å²) in [5.41, 5.74) is 0.229. The van der Waals surface area contributed by atoms with E-state index in [1.165, 1.54) is 0 Å². The Morgan fingerprint density at radius 1 is 1.24 bits per heavy atom. The fourth-order valence-corrected chi connectivity index (χ4v) is 2.25. The average Bonchev–Trinajstić information content (AvgIpc) is 2.56. The molecule has 94 valence electrons. The van der Waals surface area contributed by atoms with Crippen molar-refractivity contribution < 1.29 is 14.6 Å². The number of hydrogen-bond donors (Lipinski definition) is 1. The third kappa shape index (κ3) is 2.99. The molecule has 3 nitrogen and oxygen atoms in total. The molecule has 0 radical (unpaired) electrons. The Balaban J connectivity index is 2.14. The number of aliphatic hydroxyl groups is 1. The monoisotopic (exact) mass is 236 g/mol. The van der Waals surface area contributed by atoms with Gasteiger partial charge < -0.3 is 14.6 Å². The standard InChI is InChI=1S/C14H20O3/c1-2-17-13-6-4-12(5-7-13)14(15)8-3-10-16-11-9-14/h4-7,15H,2-3,8-11H2,1H3. The van der Waals surface area contributed by atoms with Crippen LogP contribution in [0.15, 0.2) is 24.3 Å². The Hall–Kier alpha value is -1.06. The summed E-state index contributed by atoms with van der Waals surface area (Å²) in [7, 11) is 0. The van der Waals surface area contributed by atoms with Gasteiger partial charge in [-0.3, -0.25) is 0 Å². The zero-order valence-corrected chi connectivity index (χ0v) is 10.3. The zero-order chi connectivity index (χ0) is 12.1. The first-order chi connectivity index (χ1) is 8.24. The second-order valence-electron chi connectivity index (χ2n) is 4.45. The first-order valence-electron chi connectivity index (χ1n) is 6.28. The summed E-state index contributed by atoms with van der Waals surface area (Å²) in [6.07, 6.45) is 2.34. The van der Waals surface area contributed by atoms with E-state index in [-0.39, 0.29) is 0 Å². The van der Waals surface area contributed by atoms with E-state index in [9.17, 15) is 5.11 Å². The van der Waals surface area contributed by atoms with Crippen molar-refractivity contribution in [2.24, 2.45) is 0 Å². The van der Waals surface area contributed by atoms with E-state index in [4.69, 9.17) is 9.47 Å². The van der Waals surface area contributed by atoms with E-state index >= 15 is 0 Å². The van der Waals surface area contributed by atoms with E-state index in [1.807, 2.05) is 31.2 Å². The second-order valence-corrected chi connectivity index (χ2v) is 4.45. The van der Waals surface area contributed by atoms with Crippen LogP contribution in [0.25, 0.3) is 0 Å². The molecule has 0 spiro atoms. The summed E-state index contributed by atoms with van der Waals surface area (Å²) in [5.74, 6) is 0.852. The van der Waals surface area contributed by atoms with Crippen molar-refractivity contribution in [3.8, 4) is 5.75 Å². The van der Waals surface area contributed by atoms with Crippen molar-refractivity contribution in [1.82, 2.24) is 0 Å². The molecule has 0 saturated carbocycles. The Morgan fingerprint density at radius 2 is 2.00 bits per heavy atom. The summed E-state index contributed by atoms with van der Waals surface area (Å²) in [5, 5.41) is 10.6. The van der Waals surface area contributed by atoms with Gasteiger partial charge in [-0.1, -0.05) is 12.1 Å². The average molecular weight is 236 g/mol. The van der Waals surface area contributed by atoms with Crippen LogP contribution in [0.2, 0.25) is 0 Å². The first kappa shape index (κ1) is 12.4. The van der Waals surface area contributed by atoms with Crippen LogP contribution in [-0.2, 0) is 10.3 Å². The minimum Gasteiger partial charge on any atom is -0.494 e. The summed E-state index contributed by atoms with van der Waals surface area (Å²) >= 11 is 0. The van der Waals surface area contributed by atoms with E-state index in [1.54, 1.807) is 0 Å². The van der Waals surface area contributed by atoms with Gasteiger partial charge in [0.25, 0.3) is 0 Å². The topological polar surface area (TPSA) is 38.7 Å².